The molecule has 1 heterocycles. The maximum atomic E-state index is 13.1. The van der Waals surface area contributed by atoms with Crippen molar-refractivity contribution in [3.63, 3.8) is 0 Å². The summed E-state index contributed by atoms with van der Waals surface area (Å²) in [7, 11) is 1.60. The van der Waals surface area contributed by atoms with Crippen molar-refractivity contribution >= 4 is 35.0 Å². The molecule has 0 unspecified atom stereocenters. The predicted molar refractivity (Wildman–Crippen MR) is 138 cm³/mol. The number of anilines is 1. The number of hydrogen-bond donors (Lipinski definition) is 0. The number of para-hydroxylation sites is 1. The quantitative estimate of drug-likeness (QED) is 0.279. The molecule has 0 radical (unpaired) electrons. The normalized spacial score (nSPS) is 14.3. The number of ether oxygens (including phenoxy) is 2. The Hall–Kier alpha value is -3.83. The monoisotopic (exact) mass is 472 g/mol. The van der Waals surface area contributed by atoms with Crippen LogP contribution in [-0.4, -0.2) is 18.7 Å². The van der Waals surface area contributed by atoms with Gasteiger partial charge in [0.1, 0.15) is 6.61 Å². The summed E-state index contributed by atoms with van der Waals surface area (Å²) in [5.41, 5.74) is 4.64. The molecule has 0 atom stereocenters. The van der Waals surface area contributed by atoms with Crippen LogP contribution in [0.4, 0.5) is 5.69 Å². The average Bonchev–Trinajstić information content (AvgIpc) is 3.13. The van der Waals surface area contributed by atoms with Crippen molar-refractivity contribution in [2.75, 3.05) is 12.1 Å². The smallest absolute Gasteiger partial charge is 0.280 e. The van der Waals surface area contributed by atoms with E-state index in [9.17, 15) is 4.79 Å². The average molecular weight is 473 g/mol. The van der Waals surface area contributed by atoms with Crippen LogP contribution in [-0.2, 0) is 17.8 Å². The van der Waals surface area contributed by atoms with Crippen molar-refractivity contribution in [2.45, 2.75) is 20.0 Å². The highest BCUT2D eigenvalue weighted by Gasteiger charge is 2.28. The number of halogens is 1. The summed E-state index contributed by atoms with van der Waals surface area (Å²) in [5, 5.41) is 6.56. The van der Waals surface area contributed by atoms with Gasteiger partial charge in [-0.15, -0.1) is 6.58 Å². The minimum atomic E-state index is -0.170. The second kappa shape index (κ2) is 10.4. The van der Waals surface area contributed by atoms with Gasteiger partial charge in [-0.25, -0.2) is 0 Å². The van der Waals surface area contributed by atoms with Crippen LogP contribution >= 0.6 is 11.6 Å². The van der Waals surface area contributed by atoms with Gasteiger partial charge in [-0.1, -0.05) is 48.0 Å². The van der Waals surface area contributed by atoms with E-state index in [1.165, 1.54) is 5.01 Å². The van der Waals surface area contributed by atoms with Crippen LogP contribution in [0.3, 0.4) is 0 Å². The molecular formula is C28H25ClN2O3. The zero-order valence-corrected chi connectivity index (χ0v) is 19.9. The lowest BCUT2D eigenvalue weighted by molar-refractivity contribution is -0.114. The SMILES string of the molecule is C=CCc1cc(/C=C2\C(=O)N(c3ccccc3)N=C2C)cc(OC)c1OCc1ccc(Cl)cc1. The Bertz CT molecular complexity index is 1260. The second-order valence-corrected chi connectivity index (χ2v) is 8.25. The second-order valence-electron chi connectivity index (χ2n) is 7.82. The molecule has 0 aromatic heterocycles. The van der Waals surface area contributed by atoms with E-state index in [1.54, 1.807) is 7.11 Å². The molecule has 1 amide bonds. The highest BCUT2D eigenvalue weighted by molar-refractivity contribution is 6.32. The van der Waals surface area contributed by atoms with Crippen LogP contribution in [0.25, 0.3) is 6.08 Å². The Morgan fingerprint density at radius 1 is 1.09 bits per heavy atom. The summed E-state index contributed by atoms with van der Waals surface area (Å²) in [6.45, 7) is 6.08. The number of nitrogens with zero attached hydrogens (tertiary/aromatic N) is 2. The molecular weight excluding hydrogens is 448 g/mol. The third kappa shape index (κ3) is 5.05. The van der Waals surface area contributed by atoms with Crippen molar-refractivity contribution in [2.24, 2.45) is 5.10 Å². The maximum Gasteiger partial charge on any atom is 0.280 e. The number of benzene rings is 3. The first kappa shape index (κ1) is 23.3. The van der Waals surface area contributed by atoms with Gasteiger partial charge >= 0.3 is 0 Å². The highest BCUT2D eigenvalue weighted by atomic mass is 35.5. The van der Waals surface area contributed by atoms with Crippen LogP contribution < -0.4 is 14.5 Å². The molecule has 0 aliphatic carbocycles. The molecule has 0 fully saturated rings. The lowest BCUT2D eigenvalue weighted by Gasteiger charge is -2.16. The molecule has 0 N–H and O–H groups in total. The van der Waals surface area contributed by atoms with E-state index in [4.69, 9.17) is 21.1 Å². The van der Waals surface area contributed by atoms with Gasteiger partial charge in [0, 0.05) is 10.6 Å². The molecule has 34 heavy (non-hydrogen) atoms. The molecule has 4 rings (SSSR count). The van der Waals surface area contributed by atoms with Crippen molar-refractivity contribution in [3.05, 3.63) is 107 Å². The minimum absolute atomic E-state index is 0.170. The van der Waals surface area contributed by atoms with E-state index < -0.39 is 0 Å². The number of carbonyl (C=O) groups excluding carboxylic acids is 1. The van der Waals surface area contributed by atoms with Gasteiger partial charge in [-0.2, -0.15) is 10.1 Å². The van der Waals surface area contributed by atoms with Crippen molar-refractivity contribution in [1.29, 1.82) is 0 Å². The Balaban J connectivity index is 1.65. The number of carbonyl (C=O) groups is 1. The number of allylic oxidation sites excluding steroid dienone is 1. The highest BCUT2D eigenvalue weighted by Crippen LogP contribution is 2.35. The van der Waals surface area contributed by atoms with E-state index in [0.29, 0.717) is 40.8 Å². The Morgan fingerprint density at radius 3 is 2.50 bits per heavy atom. The molecule has 3 aromatic carbocycles. The first-order chi connectivity index (χ1) is 16.5. The van der Waals surface area contributed by atoms with Gasteiger partial charge in [0.15, 0.2) is 11.5 Å². The van der Waals surface area contributed by atoms with Gasteiger partial charge in [0.05, 0.1) is 24.1 Å². The number of rotatable bonds is 8. The molecule has 1 aliphatic heterocycles. The van der Waals surface area contributed by atoms with Gasteiger partial charge in [-0.05, 0) is 66.9 Å². The lowest BCUT2D eigenvalue weighted by atomic mass is 10.0. The topological polar surface area (TPSA) is 51.1 Å². The zero-order chi connectivity index (χ0) is 24.1. The zero-order valence-electron chi connectivity index (χ0n) is 19.1. The first-order valence-corrected chi connectivity index (χ1v) is 11.2. The fourth-order valence-corrected chi connectivity index (χ4v) is 3.85. The summed E-state index contributed by atoms with van der Waals surface area (Å²) < 4.78 is 11.8. The number of hydrazone groups is 1. The molecule has 0 saturated carbocycles. The standard InChI is InChI=1S/C28H25ClN2O3/c1-4-8-22-15-21(16-25-19(2)30-31(28(25)32)24-9-6-5-7-10-24)17-26(33-3)27(22)34-18-20-11-13-23(29)14-12-20/h4-7,9-17H,1,8,18H2,2-3H3/b25-16-. The van der Waals surface area contributed by atoms with Gasteiger partial charge < -0.3 is 9.47 Å². The fourth-order valence-electron chi connectivity index (χ4n) is 3.72. The molecule has 6 heteroatoms. The third-order valence-corrected chi connectivity index (χ3v) is 5.66. The molecule has 1 aliphatic rings. The van der Waals surface area contributed by atoms with Crippen LogP contribution in [0.15, 0.2) is 90.1 Å². The van der Waals surface area contributed by atoms with Gasteiger partial charge in [0.25, 0.3) is 5.91 Å². The Labute approximate surface area is 204 Å². The summed E-state index contributed by atoms with van der Waals surface area (Å²) in [4.78, 5) is 13.1. The summed E-state index contributed by atoms with van der Waals surface area (Å²) >= 11 is 5.98. The molecule has 5 nitrogen and oxygen atoms in total. The first-order valence-electron chi connectivity index (χ1n) is 10.9. The summed E-state index contributed by atoms with van der Waals surface area (Å²) in [6.07, 6.45) is 4.23. The third-order valence-electron chi connectivity index (χ3n) is 5.41. The number of amides is 1. The Kier molecular flexibility index (Phi) is 7.14. The summed E-state index contributed by atoms with van der Waals surface area (Å²) in [6, 6.07) is 20.7. The van der Waals surface area contributed by atoms with E-state index >= 15 is 0 Å². The van der Waals surface area contributed by atoms with E-state index in [2.05, 4.69) is 11.7 Å². The van der Waals surface area contributed by atoms with E-state index in [0.717, 1.165) is 22.4 Å². The van der Waals surface area contributed by atoms with Crippen molar-refractivity contribution < 1.29 is 14.3 Å². The lowest BCUT2D eigenvalue weighted by Crippen LogP contribution is -2.21. The van der Waals surface area contributed by atoms with Crippen LogP contribution in [0.1, 0.15) is 23.6 Å². The summed E-state index contributed by atoms with van der Waals surface area (Å²) in [5.74, 6) is 1.06. The van der Waals surface area contributed by atoms with Crippen molar-refractivity contribution in [1.82, 2.24) is 0 Å². The number of methoxy groups -OCH3 is 1. The molecule has 3 aromatic rings. The maximum absolute atomic E-state index is 13.1. The molecule has 0 bridgehead atoms. The van der Waals surface area contributed by atoms with E-state index in [-0.39, 0.29) is 5.91 Å². The van der Waals surface area contributed by atoms with Crippen LogP contribution in [0.2, 0.25) is 5.02 Å². The van der Waals surface area contributed by atoms with Crippen LogP contribution in [0, 0.1) is 0 Å². The molecule has 172 valence electrons. The van der Waals surface area contributed by atoms with Gasteiger partial charge in [-0.3, -0.25) is 4.79 Å². The molecule has 0 spiro atoms. The predicted octanol–water partition coefficient (Wildman–Crippen LogP) is 6.46. The van der Waals surface area contributed by atoms with Gasteiger partial charge in [0.2, 0.25) is 0 Å². The van der Waals surface area contributed by atoms with E-state index in [1.807, 2.05) is 85.8 Å². The Morgan fingerprint density at radius 2 is 1.82 bits per heavy atom. The largest absolute Gasteiger partial charge is 0.493 e. The van der Waals surface area contributed by atoms with Crippen LogP contribution in [0.5, 0.6) is 11.5 Å². The fraction of sp³-hybridized carbons (Fsp3) is 0.143. The van der Waals surface area contributed by atoms with Crippen molar-refractivity contribution in [3.8, 4) is 11.5 Å². The number of hydrogen-bond acceptors (Lipinski definition) is 4. The minimum Gasteiger partial charge on any atom is -0.493 e. The molecule has 0 saturated heterocycles.